The van der Waals surface area contributed by atoms with E-state index < -0.39 is 43.9 Å². The zero-order valence-electron chi connectivity index (χ0n) is 61.3. The molecule has 0 radical (unpaired) electrons. The Bertz CT molecular complexity index is 2460. The van der Waals surface area contributed by atoms with Crippen LogP contribution in [0.15, 0.2) is 54.9 Å². The molecule has 0 aromatic heterocycles. The Morgan fingerprint density at radius 3 is 1.32 bits per heavy atom. The molecule has 1 aromatic carbocycles. The lowest BCUT2D eigenvalue weighted by Gasteiger charge is -2.33. The number of hydrogen-bond acceptors (Lipinski definition) is 17. The van der Waals surface area contributed by atoms with Crippen molar-refractivity contribution in [1.29, 1.82) is 0 Å². The summed E-state index contributed by atoms with van der Waals surface area (Å²) in [5.41, 5.74) is -2.49. The van der Waals surface area contributed by atoms with E-state index in [1.54, 1.807) is 20.8 Å². The van der Waals surface area contributed by atoms with Crippen LogP contribution in [0.4, 0.5) is 0 Å². The van der Waals surface area contributed by atoms with E-state index in [1.165, 1.54) is 156 Å². The van der Waals surface area contributed by atoms with Gasteiger partial charge in [0.2, 0.25) is 5.54 Å². The number of carbonyl (C=O) groups is 7. The summed E-state index contributed by atoms with van der Waals surface area (Å²) in [6, 6.07) is 9.29. The summed E-state index contributed by atoms with van der Waals surface area (Å²) in [5, 5.41) is 10.0. The second-order valence-electron chi connectivity index (χ2n) is 27.1. The Kier molecular flexibility index (Phi) is 52.3. The number of esters is 6. The molecule has 1 N–H and O–H groups in total. The molecular formula is C74H124Br2N3O14S2-. The zero-order valence-corrected chi connectivity index (χ0v) is 66.1. The first-order chi connectivity index (χ1) is 44.2. The standard InChI is InChI=1S/C29H54N2O4.C22H41BrO4.C18H21NO4S2.C5H8O2.BrH/c1-7-9-19-30-21-22-31(25-30)20-17-15-13-11-10-12-14-16-18-23-35-26(32)28(3,4)24-29(5,8-2)27(33)34-6;1-6-22(4,20(25)26-5)18-21(2,3)19(24)27-17-15-13-11-9-7-8-10-12-14-16-23;1-17(19-3,11-10-14(20)21)12-18(2,16(22)23-4)25-15(24)13-8-6-5-7-9-13;1-4(2)5(6)7-3;/h21-22H,7-20,23-25H2,1-6H3;6-18H2,1-5H3;5-9H,10-12H2,1-2,4H3,(H,20,21);1H2,2-3H3;1H/p-1. The average Bonchev–Trinajstić information content (AvgIpc) is 0.952. The third kappa shape index (κ3) is 41.5. The molecule has 1 aliphatic rings. The van der Waals surface area contributed by atoms with E-state index in [4.69, 9.17) is 47.6 Å². The number of nitrogens with zero attached hydrogens (tertiary/aromatic N) is 3. The maximum Gasteiger partial charge on any atom is 0.332 e. The summed E-state index contributed by atoms with van der Waals surface area (Å²) in [6.07, 6.45) is 31.3. The van der Waals surface area contributed by atoms with Crippen molar-refractivity contribution in [2.24, 2.45) is 21.7 Å². The van der Waals surface area contributed by atoms with Crippen LogP contribution in [0.2, 0.25) is 0 Å². The second-order valence-corrected chi connectivity index (χ2v) is 30.1. The quantitative estimate of drug-likeness (QED) is 0.0123. The maximum atomic E-state index is 12.6. The van der Waals surface area contributed by atoms with Gasteiger partial charge >= 0.3 is 41.8 Å². The van der Waals surface area contributed by atoms with Gasteiger partial charge in [-0.25, -0.2) is 11.4 Å². The number of carbonyl (C=O) groups excluding carboxylic acids is 6. The SMILES string of the molecule is C=C(C)C(=O)OC.CCC(C)(CC(C)(C)C(=O)OCCCCCCCCCCCBr)C(=O)OC.CCCCN1C=CN(CCCCCCCCCCCOC(=O)C(C)(C)CC(C)(CC)C(=O)OC)C1.[Br-].[C-]#[N+]C(C)(CCC(=O)O)CC(C)(SC(=S)c1ccccc1)C(=O)OC. The molecule has 0 aliphatic carbocycles. The summed E-state index contributed by atoms with van der Waals surface area (Å²) in [4.78, 5) is 91.1. The molecule has 4 unspecified atom stereocenters. The summed E-state index contributed by atoms with van der Waals surface area (Å²) >= 11 is 10.1. The van der Waals surface area contributed by atoms with Crippen LogP contribution < -0.4 is 17.0 Å². The molecule has 0 saturated carbocycles. The van der Waals surface area contributed by atoms with Crippen LogP contribution in [0.25, 0.3) is 4.85 Å². The summed E-state index contributed by atoms with van der Waals surface area (Å²) in [7, 11) is 5.41. The second kappa shape index (κ2) is 52.5. The lowest BCUT2D eigenvalue weighted by atomic mass is 9.72. The minimum Gasteiger partial charge on any atom is -1.00 e. The lowest BCUT2D eigenvalue weighted by molar-refractivity contribution is -0.163. The fourth-order valence-corrected chi connectivity index (χ4v) is 13.2. The molecule has 21 heteroatoms. The van der Waals surface area contributed by atoms with Gasteiger partial charge < -0.3 is 65.2 Å². The molecule has 95 heavy (non-hydrogen) atoms. The third-order valence-electron chi connectivity index (χ3n) is 17.0. The maximum absolute atomic E-state index is 12.6. The number of aliphatic carboxylic acids is 1. The number of benzene rings is 1. The van der Waals surface area contributed by atoms with E-state index in [-0.39, 0.29) is 66.1 Å². The van der Waals surface area contributed by atoms with Gasteiger partial charge in [0.15, 0.2) is 0 Å². The van der Waals surface area contributed by atoms with Gasteiger partial charge in [0, 0.05) is 49.7 Å². The smallest absolute Gasteiger partial charge is 0.332 e. The van der Waals surface area contributed by atoms with Crippen LogP contribution in [-0.4, -0.2) is 138 Å². The fraction of sp³-hybridized carbons (Fsp3) is 0.743. The molecule has 0 bridgehead atoms. The van der Waals surface area contributed by atoms with Gasteiger partial charge in [-0.05, 0) is 119 Å². The lowest BCUT2D eigenvalue weighted by Crippen LogP contribution is -3.00. The molecule has 0 fully saturated rings. The highest BCUT2D eigenvalue weighted by Gasteiger charge is 2.48. The number of alkyl halides is 1. The Morgan fingerprint density at radius 1 is 0.589 bits per heavy atom. The Balaban J connectivity index is -0.00000128. The first-order valence-electron chi connectivity index (χ1n) is 34.2. The van der Waals surface area contributed by atoms with E-state index in [1.807, 2.05) is 85.7 Å². The minimum atomic E-state index is -1.08. The van der Waals surface area contributed by atoms with Gasteiger partial charge in [-0.15, -0.1) is 0 Å². The largest absolute Gasteiger partial charge is 1.00 e. The zero-order chi connectivity index (χ0) is 71.9. The van der Waals surface area contributed by atoms with Crippen molar-refractivity contribution in [1.82, 2.24) is 9.80 Å². The number of rotatable bonds is 45. The van der Waals surface area contributed by atoms with Crippen LogP contribution in [0.5, 0.6) is 0 Å². The average molecular weight is 1500 g/mol. The van der Waals surface area contributed by atoms with Gasteiger partial charge in [-0.1, -0.05) is 194 Å². The topological polar surface area (TPSA) is 206 Å². The summed E-state index contributed by atoms with van der Waals surface area (Å²) in [6.45, 7) is 37.4. The highest BCUT2D eigenvalue weighted by atomic mass is 79.9. The molecule has 1 aliphatic heterocycles. The van der Waals surface area contributed by atoms with Crippen molar-refractivity contribution in [3.8, 4) is 0 Å². The normalized spacial score (nSPS) is 14.2. The molecule has 546 valence electrons. The van der Waals surface area contributed by atoms with Crippen molar-refractivity contribution in [3.05, 3.63) is 71.9 Å². The number of ether oxygens (including phenoxy) is 6. The first-order valence-corrected chi connectivity index (χ1v) is 36.5. The third-order valence-corrected chi connectivity index (χ3v) is 19.2. The molecule has 0 saturated heterocycles. The summed E-state index contributed by atoms with van der Waals surface area (Å²) < 4.78 is 29.5. The number of thioether (sulfide) groups is 1. The van der Waals surface area contributed by atoms with Crippen molar-refractivity contribution >= 4 is 85.9 Å². The van der Waals surface area contributed by atoms with E-state index >= 15 is 0 Å². The van der Waals surface area contributed by atoms with Crippen molar-refractivity contribution in [3.63, 3.8) is 0 Å². The molecular weight excluding hydrogens is 1380 g/mol. The van der Waals surface area contributed by atoms with E-state index in [2.05, 4.69) is 61.2 Å². The van der Waals surface area contributed by atoms with Gasteiger partial charge in [0.05, 0.1) is 87.0 Å². The fourth-order valence-electron chi connectivity index (χ4n) is 10.9. The number of halogens is 2. The monoisotopic (exact) mass is 1500 g/mol. The van der Waals surface area contributed by atoms with E-state index in [9.17, 15) is 33.6 Å². The number of thiocarbonyl (C=S) groups is 1. The number of hydrogen-bond donors (Lipinski definition) is 1. The molecule has 1 aromatic rings. The van der Waals surface area contributed by atoms with Gasteiger partial charge in [0.1, 0.15) is 4.75 Å². The van der Waals surface area contributed by atoms with Gasteiger partial charge in [0.25, 0.3) is 0 Å². The number of methoxy groups -OCH3 is 4. The summed E-state index contributed by atoms with van der Waals surface area (Å²) in [5.74, 6) is -2.78. The highest BCUT2D eigenvalue weighted by Crippen LogP contribution is 2.42. The van der Waals surface area contributed by atoms with Crippen LogP contribution in [0.1, 0.15) is 262 Å². The van der Waals surface area contributed by atoms with Gasteiger partial charge in [-0.2, -0.15) is 0 Å². The Hall–Kier alpha value is -4.52. The Morgan fingerprint density at radius 2 is 0.979 bits per heavy atom. The van der Waals surface area contributed by atoms with Crippen molar-refractivity contribution < 1.29 is 84.1 Å². The van der Waals surface area contributed by atoms with Crippen LogP contribution in [-0.2, 0) is 62.0 Å². The Labute approximate surface area is 602 Å². The first kappa shape index (κ1) is 94.7. The number of carboxylic acids is 1. The van der Waals surface area contributed by atoms with Crippen LogP contribution in [0.3, 0.4) is 0 Å². The molecule has 0 spiro atoms. The predicted molar refractivity (Wildman–Crippen MR) is 388 cm³/mol. The number of carboxylic acid groups (broad SMARTS) is 1. The van der Waals surface area contributed by atoms with Gasteiger partial charge in [-0.3, -0.25) is 28.8 Å². The van der Waals surface area contributed by atoms with E-state index in [0.717, 1.165) is 43.2 Å². The van der Waals surface area contributed by atoms with E-state index in [0.29, 0.717) is 48.7 Å². The number of unbranched alkanes of at least 4 members (excludes halogenated alkanes) is 17. The molecule has 1 heterocycles. The molecule has 17 nitrogen and oxygen atoms in total. The van der Waals surface area contributed by atoms with Crippen molar-refractivity contribution in [2.75, 3.05) is 66.7 Å². The molecule has 0 amide bonds. The van der Waals surface area contributed by atoms with Crippen molar-refractivity contribution in [2.45, 2.75) is 267 Å². The van der Waals surface area contributed by atoms with Crippen LogP contribution in [0, 0.1) is 28.2 Å². The molecule has 4 atom stereocenters. The van der Waals surface area contributed by atoms with Crippen LogP contribution >= 0.6 is 39.9 Å². The predicted octanol–water partition coefficient (Wildman–Crippen LogP) is 15.0. The minimum absolute atomic E-state index is 0. The highest BCUT2D eigenvalue weighted by molar-refractivity contribution is 9.09. The molecule has 2 rings (SSSR count).